The molecule has 0 radical (unpaired) electrons. The molecule has 0 atom stereocenters. The molecule has 1 aromatic rings. The van der Waals surface area contributed by atoms with Crippen molar-refractivity contribution in [3.63, 3.8) is 0 Å². The van der Waals surface area contributed by atoms with Crippen molar-refractivity contribution in [2.45, 2.75) is 105 Å². The van der Waals surface area contributed by atoms with Gasteiger partial charge in [0, 0.05) is 12.3 Å². The maximum absolute atomic E-state index is 10.4. The lowest BCUT2D eigenvalue weighted by molar-refractivity contribution is -0.929. The van der Waals surface area contributed by atoms with Gasteiger partial charge in [-0.1, -0.05) is 90.0 Å². The highest BCUT2D eigenvalue weighted by atomic mass is 35.5. The molecule has 1 rings (SSSR count). The van der Waals surface area contributed by atoms with Gasteiger partial charge in [-0.25, -0.2) is 8.42 Å². The third-order valence-electron chi connectivity index (χ3n) is 6.45. The second kappa shape index (κ2) is 21.3. The minimum absolute atomic E-state index is 0.259. The maximum atomic E-state index is 10.4. The van der Waals surface area contributed by atoms with Crippen LogP contribution in [0.1, 0.15) is 105 Å². The Kier molecular flexibility index (Phi) is 20.8. The topological polar surface area (TPSA) is 69.2 Å². The molecule has 35 heavy (non-hydrogen) atoms. The second-order valence-electron chi connectivity index (χ2n) is 9.73. The lowest BCUT2D eigenvalue weighted by atomic mass is 10.1. The van der Waals surface area contributed by atoms with Crippen LogP contribution >= 0.6 is 11.6 Å². The van der Waals surface area contributed by atoms with E-state index in [0.717, 1.165) is 31.5 Å². The first-order valence-electron chi connectivity index (χ1n) is 14.0. The zero-order chi connectivity index (χ0) is 26.4. The number of hydrogen-bond donors (Lipinski definition) is 1. The van der Waals surface area contributed by atoms with E-state index in [1.54, 1.807) is 0 Å². The molecule has 0 bridgehead atoms. The molecule has 0 fully saturated rings. The Hall–Kier alpha value is -0.820. The molecule has 0 aliphatic rings. The van der Waals surface area contributed by atoms with Gasteiger partial charge in [0.05, 0.1) is 47.0 Å². The molecule has 0 unspecified atom stereocenters. The molecule has 0 aliphatic heterocycles. The summed E-state index contributed by atoms with van der Waals surface area (Å²) in [5.74, 6) is -0.259. The molecule has 0 saturated carbocycles. The Morgan fingerprint density at radius 1 is 0.743 bits per heavy atom. The van der Waals surface area contributed by atoms with Crippen molar-refractivity contribution in [1.82, 2.24) is 0 Å². The van der Waals surface area contributed by atoms with Gasteiger partial charge in [-0.3, -0.25) is 0 Å². The zero-order valence-electron chi connectivity index (χ0n) is 23.0. The van der Waals surface area contributed by atoms with E-state index in [2.05, 4.69) is 33.0 Å². The predicted octanol–water partition coefficient (Wildman–Crippen LogP) is 7.86. The van der Waals surface area contributed by atoms with Crippen LogP contribution in [0.3, 0.4) is 0 Å². The number of halogens is 1. The van der Waals surface area contributed by atoms with Crippen molar-refractivity contribution in [2.75, 3.05) is 43.8 Å². The number of benzene rings is 1. The molecule has 0 spiro atoms. The summed E-state index contributed by atoms with van der Waals surface area (Å²) in [6.45, 7) is 15.8. The van der Waals surface area contributed by atoms with E-state index in [1.807, 2.05) is 24.3 Å². The molecule has 1 aromatic carbocycles. The number of rotatable bonds is 20. The van der Waals surface area contributed by atoms with Gasteiger partial charge in [-0.05, 0) is 50.7 Å². The van der Waals surface area contributed by atoms with Crippen LogP contribution in [0.25, 0.3) is 0 Å². The largest absolute Gasteiger partial charge is 0.748 e. The second-order valence-corrected chi connectivity index (χ2v) is 11.7. The molecular weight excluding hydrogens is 480 g/mol. The smallest absolute Gasteiger partial charge is 0.0945 e. The van der Waals surface area contributed by atoms with E-state index in [-0.39, 0.29) is 5.75 Å². The summed E-state index contributed by atoms with van der Waals surface area (Å²) in [4.78, 5) is 0. The van der Waals surface area contributed by atoms with Gasteiger partial charge in [-0.2, -0.15) is 0 Å². The number of unbranched alkanes of at least 4 members (excludes halogenated alkanes) is 7. The van der Waals surface area contributed by atoms with Gasteiger partial charge >= 0.3 is 0 Å². The fraction of sp³-hybridized carbons (Fsp3) is 0.786. The van der Waals surface area contributed by atoms with Gasteiger partial charge in [0.1, 0.15) is 0 Å². The van der Waals surface area contributed by atoms with Crippen LogP contribution in [-0.2, 0) is 10.1 Å². The Balaban J connectivity index is 0.000000662. The normalized spacial score (nSPS) is 11.7. The van der Waals surface area contributed by atoms with Gasteiger partial charge in [0.25, 0.3) is 0 Å². The molecule has 0 aliphatic carbocycles. The predicted molar refractivity (Wildman–Crippen MR) is 152 cm³/mol. The lowest BCUT2D eigenvalue weighted by Gasteiger charge is -2.39. The summed E-state index contributed by atoms with van der Waals surface area (Å²) in [6.07, 6.45) is 14.1. The zero-order valence-corrected chi connectivity index (χ0v) is 24.6. The fourth-order valence-electron chi connectivity index (χ4n) is 4.23. The maximum Gasteiger partial charge on any atom is 0.0945 e. The third kappa shape index (κ3) is 19.0. The Bertz CT molecular complexity index is 691. The van der Waals surface area contributed by atoms with E-state index < -0.39 is 10.1 Å². The summed E-state index contributed by atoms with van der Waals surface area (Å²) in [6, 6.07) is 7.51. The number of hydrogen-bond acceptors (Lipinski definition) is 4. The van der Waals surface area contributed by atoms with Crippen LogP contribution in [0.4, 0.5) is 5.69 Å². The molecular formula is C28H53ClN2O3S. The van der Waals surface area contributed by atoms with Crippen molar-refractivity contribution in [3.8, 4) is 0 Å². The van der Waals surface area contributed by atoms with Crippen LogP contribution < -0.4 is 5.32 Å². The summed E-state index contributed by atoms with van der Waals surface area (Å²) in [5.41, 5.74) is 0.904. The standard InChI is InChI=1S/C16H36N.C12H18ClNO3S/c1-5-9-13-17(14-10-6-2,15-11-7-3)16-12-8-4;13-11-7-3-4-8-12(11)14-9-5-1-2-6-10-18(15,16)17/h5-16H2,1-4H3;3-4,7-8,14H,1-2,5-6,9-10H2,(H,15,16,17)/q+1;/p-1. The average molecular weight is 533 g/mol. The molecule has 7 heteroatoms. The Morgan fingerprint density at radius 2 is 1.20 bits per heavy atom. The fourth-order valence-corrected chi connectivity index (χ4v) is 4.99. The summed E-state index contributed by atoms with van der Waals surface area (Å²) in [5, 5.41) is 3.90. The van der Waals surface area contributed by atoms with E-state index in [0.29, 0.717) is 11.4 Å². The first-order chi connectivity index (χ1) is 16.7. The van der Waals surface area contributed by atoms with Crippen LogP contribution in [0.15, 0.2) is 24.3 Å². The van der Waals surface area contributed by atoms with Crippen LogP contribution in [-0.4, -0.2) is 55.9 Å². The molecule has 206 valence electrons. The first kappa shape index (κ1) is 34.2. The van der Waals surface area contributed by atoms with Gasteiger partial charge in [-0.15, -0.1) is 0 Å². The van der Waals surface area contributed by atoms with Crippen LogP contribution in [0, 0.1) is 0 Å². The quantitative estimate of drug-likeness (QED) is 0.105. The van der Waals surface area contributed by atoms with Gasteiger partial charge in [0.15, 0.2) is 0 Å². The lowest BCUT2D eigenvalue weighted by Crippen LogP contribution is -2.50. The first-order valence-corrected chi connectivity index (χ1v) is 16.0. The highest BCUT2D eigenvalue weighted by molar-refractivity contribution is 7.85. The summed E-state index contributed by atoms with van der Waals surface area (Å²) < 4.78 is 32.5. The molecule has 0 heterocycles. The van der Waals surface area contributed by atoms with Crippen molar-refractivity contribution >= 4 is 27.4 Å². The molecule has 0 saturated heterocycles. The third-order valence-corrected chi connectivity index (χ3v) is 7.57. The molecule has 1 N–H and O–H groups in total. The number of quaternary nitrogens is 1. The number of nitrogens with zero attached hydrogens (tertiary/aromatic N) is 1. The van der Waals surface area contributed by atoms with Gasteiger partial charge < -0.3 is 14.4 Å². The van der Waals surface area contributed by atoms with E-state index in [4.69, 9.17) is 11.6 Å². The van der Waals surface area contributed by atoms with Crippen LogP contribution in [0.2, 0.25) is 5.02 Å². The SMILES string of the molecule is CCCC[N+](CCCC)(CCCC)CCCC.O=S(=O)([O-])CCCCCCNc1ccccc1Cl. The number of para-hydroxylation sites is 1. The van der Waals surface area contributed by atoms with E-state index in [1.165, 1.54) is 82.0 Å². The van der Waals surface area contributed by atoms with Crippen LogP contribution in [0.5, 0.6) is 0 Å². The highest BCUT2D eigenvalue weighted by Crippen LogP contribution is 2.20. The Labute approximate surface area is 222 Å². The minimum Gasteiger partial charge on any atom is -0.748 e. The Morgan fingerprint density at radius 3 is 1.63 bits per heavy atom. The number of nitrogens with one attached hydrogen (secondary N) is 1. The summed E-state index contributed by atoms with van der Waals surface area (Å²) >= 11 is 5.97. The number of anilines is 1. The molecule has 0 amide bonds. The average Bonchev–Trinajstić information content (AvgIpc) is 2.83. The monoisotopic (exact) mass is 532 g/mol. The van der Waals surface area contributed by atoms with Crippen molar-refractivity contribution < 1.29 is 17.5 Å². The van der Waals surface area contributed by atoms with Gasteiger partial charge in [0.2, 0.25) is 0 Å². The van der Waals surface area contributed by atoms with Crippen molar-refractivity contribution in [2.24, 2.45) is 0 Å². The van der Waals surface area contributed by atoms with Crippen molar-refractivity contribution in [1.29, 1.82) is 0 Å². The highest BCUT2D eigenvalue weighted by Gasteiger charge is 2.24. The molecule has 0 aromatic heterocycles. The van der Waals surface area contributed by atoms with Crippen molar-refractivity contribution in [3.05, 3.63) is 29.3 Å². The van der Waals surface area contributed by atoms with E-state index >= 15 is 0 Å². The molecule has 5 nitrogen and oxygen atoms in total. The minimum atomic E-state index is -4.05. The summed E-state index contributed by atoms with van der Waals surface area (Å²) in [7, 11) is -4.05. The van der Waals surface area contributed by atoms with E-state index in [9.17, 15) is 13.0 Å².